The number of hydrogen-bond acceptors (Lipinski definition) is 4. The lowest BCUT2D eigenvalue weighted by Gasteiger charge is -2.04. The van der Waals surface area contributed by atoms with Gasteiger partial charge in [0.2, 0.25) is 0 Å². The first kappa shape index (κ1) is 15.0. The minimum Gasteiger partial charge on any atom is -0.443 e. The van der Waals surface area contributed by atoms with Gasteiger partial charge < -0.3 is 10.1 Å². The number of carbonyl (C=O) groups excluding carboxylic acids is 1. The van der Waals surface area contributed by atoms with Crippen molar-refractivity contribution < 1.29 is 9.53 Å². The van der Waals surface area contributed by atoms with Gasteiger partial charge in [-0.1, -0.05) is 48.9 Å². The number of carbonyl (C=O) groups is 1. The van der Waals surface area contributed by atoms with Crippen LogP contribution in [0.4, 0.5) is 4.79 Å². The van der Waals surface area contributed by atoms with E-state index in [0.717, 1.165) is 18.4 Å². The van der Waals surface area contributed by atoms with Crippen LogP contribution in [0.3, 0.4) is 0 Å². The predicted molar refractivity (Wildman–Crippen MR) is 78.7 cm³/mol. The summed E-state index contributed by atoms with van der Waals surface area (Å²) in [6.45, 7) is 3.48. The standard InChI is InChI=1S/C15H20N4O2/c1-2-3-9-16-15(20)21-12-14-11-19(18-17-14)10-13-7-5-4-6-8-13/h4-8,11H,2-3,9-10,12H2,1H3,(H,16,20). The van der Waals surface area contributed by atoms with E-state index in [4.69, 9.17) is 4.74 Å². The molecule has 2 rings (SSSR count). The lowest BCUT2D eigenvalue weighted by Crippen LogP contribution is -2.25. The molecule has 0 aliphatic rings. The van der Waals surface area contributed by atoms with E-state index in [0.29, 0.717) is 18.8 Å². The Labute approximate surface area is 124 Å². The molecule has 0 atom stereocenters. The number of ether oxygens (including phenoxy) is 1. The summed E-state index contributed by atoms with van der Waals surface area (Å²) < 4.78 is 6.80. The topological polar surface area (TPSA) is 69.0 Å². The fraction of sp³-hybridized carbons (Fsp3) is 0.400. The fourth-order valence-electron chi connectivity index (χ4n) is 1.81. The normalized spacial score (nSPS) is 10.3. The van der Waals surface area contributed by atoms with Gasteiger partial charge in [-0.05, 0) is 12.0 Å². The van der Waals surface area contributed by atoms with Crippen LogP contribution in [0.1, 0.15) is 31.0 Å². The minimum absolute atomic E-state index is 0.132. The van der Waals surface area contributed by atoms with Crippen molar-refractivity contribution in [2.75, 3.05) is 6.54 Å². The quantitative estimate of drug-likeness (QED) is 0.794. The van der Waals surface area contributed by atoms with Gasteiger partial charge in [0.25, 0.3) is 0 Å². The molecule has 0 unspecified atom stereocenters. The monoisotopic (exact) mass is 288 g/mol. The summed E-state index contributed by atoms with van der Waals surface area (Å²) in [5.41, 5.74) is 1.78. The van der Waals surface area contributed by atoms with Crippen molar-refractivity contribution in [3.63, 3.8) is 0 Å². The maximum Gasteiger partial charge on any atom is 0.407 e. The average molecular weight is 288 g/mol. The molecule has 6 heteroatoms. The molecule has 1 aromatic carbocycles. The van der Waals surface area contributed by atoms with Crippen LogP contribution >= 0.6 is 0 Å². The molecule has 1 heterocycles. The zero-order valence-corrected chi connectivity index (χ0v) is 12.2. The number of unbranched alkanes of at least 4 members (excludes halogenated alkanes) is 1. The first-order valence-corrected chi connectivity index (χ1v) is 7.11. The third-order valence-electron chi connectivity index (χ3n) is 2.92. The third kappa shape index (κ3) is 5.25. The van der Waals surface area contributed by atoms with Crippen LogP contribution in [0.15, 0.2) is 36.5 Å². The molecule has 2 aromatic rings. The van der Waals surface area contributed by atoms with Crippen LogP contribution in [0, 0.1) is 0 Å². The Morgan fingerprint density at radius 1 is 1.33 bits per heavy atom. The van der Waals surface area contributed by atoms with E-state index < -0.39 is 6.09 Å². The van der Waals surface area contributed by atoms with Crippen molar-refractivity contribution >= 4 is 6.09 Å². The average Bonchev–Trinajstić information content (AvgIpc) is 2.94. The van der Waals surface area contributed by atoms with Gasteiger partial charge in [0.05, 0.1) is 12.7 Å². The van der Waals surface area contributed by atoms with Crippen molar-refractivity contribution in [3.05, 3.63) is 47.8 Å². The molecule has 21 heavy (non-hydrogen) atoms. The molecular weight excluding hydrogens is 268 g/mol. The molecule has 1 aromatic heterocycles. The number of alkyl carbamates (subject to hydrolysis) is 1. The third-order valence-corrected chi connectivity index (χ3v) is 2.92. The van der Waals surface area contributed by atoms with E-state index >= 15 is 0 Å². The highest BCUT2D eigenvalue weighted by Gasteiger charge is 2.05. The molecule has 0 aliphatic carbocycles. The van der Waals surface area contributed by atoms with Gasteiger partial charge in [0.15, 0.2) is 0 Å². The molecule has 6 nitrogen and oxygen atoms in total. The van der Waals surface area contributed by atoms with Crippen LogP contribution in [0.5, 0.6) is 0 Å². The Morgan fingerprint density at radius 2 is 2.14 bits per heavy atom. The Hall–Kier alpha value is -2.37. The Morgan fingerprint density at radius 3 is 2.90 bits per heavy atom. The second-order valence-corrected chi connectivity index (χ2v) is 4.75. The van der Waals surface area contributed by atoms with Crippen molar-refractivity contribution in [2.24, 2.45) is 0 Å². The molecule has 0 spiro atoms. The summed E-state index contributed by atoms with van der Waals surface area (Å²) in [5, 5.41) is 10.7. The van der Waals surface area contributed by atoms with Crippen molar-refractivity contribution in [2.45, 2.75) is 32.9 Å². The summed E-state index contributed by atoms with van der Waals surface area (Å²) in [4.78, 5) is 11.4. The Kier molecular flexibility index (Phi) is 5.75. The second-order valence-electron chi connectivity index (χ2n) is 4.75. The Bertz CT molecular complexity index is 554. The summed E-state index contributed by atoms with van der Waals surface area (Å²) in [6, 6.07) is 9.99. The van der Waals surface area contributed by atoms with Gasteiger partial charge >= 0.3 is 6.09 Å². The van der Waals surface area contributed by atoms with Gasteiger partial charge in [0, 0.05) is 6.54 Å². The molecule has 0 saturated heterocycles. The van der Waals surface area contributed by atoms with Crippen molar-refractivity contribution in [3.8, 4) is 0 Å². The lowest BCUT2D eigenvalue weighted by molar-refractivity contribution is 0.138. The highest BCUT2D eigenvalue weighted by Crippen LogP contribution is 2.03. The van der Waals surface area contributed by atoms with E-state index in [9.17, 15) is 4.79 Å². The zero-order chi connectivity index (χ0) is 14.9. The molecule has 1 N–H and O–H groups in total. The van der Waals surface area contributed by atoms with Crippen LogP contribution in [-0.2, 0) is 17.9 Å². The number of benzene rings is 1. The van der Waals surface area contributed by atoms with Gasteiger partial charge in [-0.25, -0.2) is 9.48 Å². The van der Waals surface area contributed by atoms with Gasteiger partial charge in [-0.15, -0.1) is 5.10 Å². The van der Waals surface area contributed by atoms with Crippen molar-refractivity contribution in [1.29, 1.82) is 0 Å². The molecule has 0 radical (unpaired) electrons. The van der Waals surface area contributed by atoms with Crippen LogP contribution in [-0.4, -0.2) is 27.6 Å². The van der Waals surface area contributed by atoms with E-state index in [1.54, 1.807) is 10.9 Å². The summed E-state index contributed by atoms with van der Waals surface area (Å²) >= 11 is 0. The summed E-state index contributed by atoms with van der Waals surface area (Å²) in [7, 11) is 0. The van der Waals surface area contributed by atoms with Crippen LogP contribution < -0.4 is 5.32 Å². The van der Waals surface area contributed by atoms with Gasteiger partial charge in [-0.2, -0.15) is 0 Å². The largest absolute Gasteiger partial charge is 0.443 e. The lowest BCUT2D eigenvalue weighted by atomic mass is 10.2. The summed E-state index contributed by atoms with van der Waals surface area (Å²) in [6.07, 6.45) is 3.35. The van der Waals surface area contributed by atoms with Gasteiger partial charge in [-0.3, -0.25) is 0 Å². The SMILES string of the molecule is CCCCNC(=O)OCc1cn(Cc2ccccc2)nn1. The fourth-order valence-corrected chi connectivity index (χ4v) is 1.81. The van der Waals surface area contributed by atoms with Crippen LogP contribution in [0.25, 0.3) is 0 Å². The van der Waals surface area contributed by atoms with Crippen molar-refractivity contribution in [1.82, 2.24) is 20.3 Å². The zero-order valence-electron chi connectivity index (χ0n) is 12.2. The highest BCUT2D eigenvalue weighted by molar-refractivity contribution is 5.66. The number of nitrogens with zero attached hydrogens (tertiary/aromatic N) is 3. The molecule has 0 saturated carbocycles. The number of amides is 1. The number of rotatable bonds is 7. The van der Waals surface area contributed by atoms with E-state index in [1.807, 2.05) is 30.3 Å². The second kappa shape index (κ2) is 8.04. The molecule has 0 fully saturated rings. The first-order chi connectivity index (χ1) is 10.3. The maximum atomic E-state index is 11.4. The maximum absolute atomic E-state index is 11.4. The number of nitrogens with one attached hydrogen (secondary N) is 1. The van der Waals surface area contributed by atoms with E-state index in [-0.39, 0.29) is 6.61 Å². The molecule has 0 aliphatic heterocycles. The first-order valence-electron chi connectivity index (χ1n) is 7.11. The molecule has 112 valence electrons. The minimum atomic E-state index is -0.416. The van der Waals surface area contributed by atoms with E-state index in [1.165, 1.54) is 0 Å². The summed E-state index contributed by atoms with van der Waals surface area (Å²) in [5.74, 6) is 0. The smallest absolute Gasteiger partial charge is 0.407 e. The van der Waals surface area contributed by atoms with Gasteiger partial charge in [0.1, 0.15) is 12.3 Å². The van der Waals surface area contributed by atoms with Crippen LogP contribution in [0.2, 0.25) is 0 Å². The van der Waals surface area contributed by atoms with E-state index in [2.05, 4.69) is 22.6 Å². The number of aromatic nitrogens is 3. The number of hydrogen-bond donors (Lipinski definition) is 1. The predicted octanol–water partition coefficient (Wildman–Crippen LogP) is 2.35. The molecule has 1 amide bonds. The molecular formula is C15H20N4O2. The molecule has 0 bridgehead atoms. The Balaban J connectivity index is 1.77. The highest BCUT2D eigenvalue weighted by atomic mass is 16.5.